The fourth-order valence-corrected chi connectivity index (χ4v) is 5.03. The summed E-state index contributed by atoms with van der Waals surface area (Å²) in [5, 5.41) is 0. The van der Waals surface area contributed by atoms with E-state index in [0.717, 1.165) is 5.56 Å². The Morgan fingerprint density at radius 2 is 1.82 bits per heavy atom. The van der Waals surface area contributed by atoms with E-state index in [0.29, 0.717) is 49.0 Å². The number of carbonyl (C=O) groups excluding carboxylic acids is 3. The molecular formula is C27H32N2O5. The number of piperidine rings is 1. The minimum absolute atomic E-state index is 0.0451. The average Bonchev–Trinajstić information content (AvgIpc) is 2.79. The van der Waals surface area contributed by atoms with Gasteiger partial charge in [-0.1, -0.05) is 31.5 Å². The number of fused-ring (bicyclic) bond motifs is 1. The number of hydrogen-bond acceptors (Lipinski definition) is 5. The van der Waals surface area contributed by atoms with Gasteiger partial charge in [0, 0.05) is 37.0 Å². The van der Waals surface area contributed by atoms with Gasteiger partial charge < -0.3 is 9.64 Å². The molecule has 7 nitrogen and oxygen atoms in total. The lowest BCUT2D eigenvalue weighted by molar-refractivity contribution is -0.149. The molecule has 2 aromatic rings. The van der Waals surface area contributed by atoms with Crippen molar-refractivity contribution in [1.29, 1.82) is 0 Å². The number of hydrogen-bond donors (Lipinski definition) is 0. The third kappa shape index (κ3) is 4.56. The number of carbonyl (C=O) groups is 3. The number of aromatic nitrogens is 1. The Morgan fingerprint density at radius 3 is 2.50 bits per heavy atom. The third-order valence-electron chi connectivity index (χ3n) is 6.77. The van der Waals surface area contributed by atoms with E-state index in [-0.39, 0.29) is 35.9 Å². The Morgan fingerprint density at radius 1 is 1.12 bits per heavy atom. The monoisotopic (exact) mass is 464 g/mol. The van der Waals surface area contributed by atoms with Gasteiger partial charge >= 0.3 is 5.97 Å². The van der Waals surface area contributed by atoms with Gasteiger partial charge in [-0.3, -0.25) is 23.7 Å². The molecule has 0 unspecified atom stereocenters. The summed E-state index contributed by atoms with van der Waals surface area (Å²) in [6.45, 7) is 8.62. The number of amides is 1. The van der Waals surface area contributed by atoms with Crippen LogP contribution in [0.1, 0.15) is 71.9 Å². The van der Waals surface area contributed by atoms with Crippen LogP contribution in [0.3, 0.4) is 0 Å². The molecule has 0 spiro atoms. The number of Topliss-reactive ketones (excluding diaryl/α,β-unsaturated/α-hetero) is 1. The maximum absolute atomic E-state index is 13.8. The van der Waals surface area contributed by atoms with Gasteiger partial charge in [-0.2, -0.15) is 0 Å². The van der Waals surface area contributed by atoms with Gasteiger partial charge in [0.2, 0.25) is 0 Å². The molecule has 2 aliphatic rings. The number of esters is 1. The maximum Gasteiger partial charge on any atom is 0.310 e. The molecule has 1 atom stereocenters. The molecule has 0 N–H and O–H groups in total. The predicted molar refractivity (Wildman–Crippen MR) is 128 cm³/mol. The molecular weight excluding hydrogens is 432 g/mol. The maximum atomic E-state index is 13.8. The first-order chi connectivity index (χ1) is 16.1. The molecule has 1 aromatic carbocycles. The number of likely N-dealkylation sites (tertiary alicyclic amines) is 1. The smallest absolute Gasteiger partial charge is 0.310 e. The highest BCUT2D eigenvalue weighted by molar-refractivity contribution is 6.04. The van der Waals surface area contributed by atoms with Crippen LogP contribution in [0.25, 0.3) is 5.69 Å². The summed E-state index contributed by atoms with van der Waals surface area (Å²) in [6.07, 6.45) is 3.71. The van der Waals surface area contributed by atoms with Gasteiger partial charge in [0.15, 0.2) is 5.78 Å². The van der Waals surface area contributed by atoms with E-state index in [1.165, 1.54) is 4.57 Å². The minimum atomic E-state index is -0.434. The molecule has 0 radical (unpaired) electrons. The molecule has 1 saturated heterocycles. The second kappa shape index (κ2) is 9.20. The van der Waals surface area contributed by atoms with Crippen molar-refractivity contribution in [2.45, 2.75) is 53.4 Å². The highest BCUT2D eigenvalue weighted by Crippen LogP contribution is 2.36. The lowest BCUT2D eigenvalue weighted by Gasteiger charge is -2.35. The zero-order valence-corrected chi connectivity index (χ0v) is 20.3. The van der Waals surface area contributed by atoms with E-state index < -0.39 is 17.4 Å². The molecule has 1 aliphatic carbocycles. The van der Waals surface area contributed by atoms with Crippen molar-refractivity contribution < 1.29 is 19.1 Å². The van der Waals surface area contributed by atoms with Crippen molar-refractivity contribution in [2.75, 3.05) is 19.7 Å². The standard InChI is InChI=1S/C27H32N2O5/c1-5-34-26(33)18-7-6-12-28(15-18)24(31)23-20-13-27(3,4)14-22(30)21(20)16-29(25(23)32)19-10-8-17(2)9-11-19/h8-11,16,18H,5-7,12-15H2,1-4H3/t18-/m1/s1. The van der Waals surface area contributed by atoms with Crippen LogP contribution in [0, 0.1) is 18.3 Å². The Labute approximate surface area is 199 Å². The molecule has 0 saturated carbocycles. The fourth-order valence-electron chi connectivity index (χ4n) is 5.03. The molecule has 34 heavy (non-hydrogen) atoms. The SMILES string of the molecule is CCOC(=O)[C@@H]1CCCN(C(=O)c2c3c(cn(-c4ccc(C)cc4)c2=O)C(=O)CC(C)(C)C3)C1. The van der Waals surface area contributed by atoms with Crippen LogP contribution in [-0.4, -0.2) is 46.8 Å². The summed E-state index contributed by atoms with van der Waals surface area (Å²) in [4.78, 5) is 54.6. The van der Waals surface area contributed by atoms with E-state index in [1.807, 2.05) is 45.0 Å². The van der Waals surface area contributed by atoms with Gasteiger partial charge in [0.05, 0.1) is 12.5 Å². The zero-order chi connectivity index (χ0) is 24.6. The van der Waals surface area contributed by atoms with Crippen LogP contribution >= 0.6 is 0 Å². The molecule has 1 fully saturated rings. The Hall–Kier alpha value is -3.22. The molecule has 1 aromatic heterocycles. The summed E-state index contributed by atoms with van der Waals surface area (Å²) in [7, 11) is 0. The molecule has 0 bridgehead atoms. The van der Waals surface area contributed by atoms with E-state index in [9.17, 15) is 19.2 Å². The first-order valence-corrected chi connectivity index (χ1v) is 12.0. The number of aryl methyl sites for hydroxylation is 1. The number of ether oxygens (including phenoxy) is 1. The van der Waals surface area contributed by atoms with Crippen molar-refractivity contribution in [3.05, 3.63) is 63.1 Å². The average molecular weight is 465 g/mol. The Balaban J connectivity index is 1.83. The van der Waals surface area contributed by atoms with Crippen LogP contribution in [-0.2, 0) is 16.0 Å². The van der Waals surface area contributed by atoms with Crippen LogP contribution in [0.15, 0.2) is 35.3 Å². The van der Waals surface area contributed by atoms with Gasteiger partial charge in [-0.05, 0) is 56.2 Å². The third-order valence-corrected chi connectivity index (χ3v) is 6.77. The van der Waals surface area contributed by atoms with Crippen molar-refractivity contribution in [3.63, 3.8) is 0 Å². The summed E-state index contributed by atoms with van der Waals surface area (Å²) >= 11 is 0. The lowest BCUT2D eigenvalue weighted by Crippen LogP contribution is -2.46. The van der Waals surface area contributed by atoms with Gasteiger partial charge in [-0.25, -0.2) is 0 Å². The summed E-state index contributed by atoms with van der Waals surface area (Å²) in [6, 6.07) is 7.41. The van der Waals surface area contributed by atoms with Crippen molar-refractivity contribution in [3.8, 4) is 5.69 Å². The second-order valence-electron chi connectivity index (χ2n) is 10.2. The topological polar surface area (TPSA) is 85.7 Å². The molecule has 2 heterocycles. The number of ketones is 1. The second-order valence-corrected chi connectivity index (χ2v) is 10.2. The van der Waals surface area contributed by atoms with E-state index >= 15 is 0 Å². The minimum Gasteiger partial charge on any atom is -0.466 e. The van der Waals surface area contributed by atoms with E-state index in [2.05, 4.69) is 0 Å². The fraction of sp³-hybridized carbons (Fsp3) is 0.481. The van der Waals surface area contributed by atoms with Crippen LogP contribution < -0.4 is 5.56 Å². The Kier molecular flexibility index (Phi) is 6.47. The summed E-state index contributed by atoms with van der Waals surface area (Å²) in [5.74, 6) is -1.20. The van der Waals surface area contributed by atoms with E-state index in [1.54, 1.807) is 18.0 Å². The van der Waals surface area contributed by atoms with Crippen molar-refractivity contribution in [2.24, 2.45) is 11.3 Å². The lowest BCUT2D eigenvalue weighted by atomic mass is 9.73. The normalized spacial score (nSPS) is 19.5. The number of nitrogens with zero attached hydrogens (tertiary/aromatic N) is 2. The predicted octanol–water partition coefficient (Wildman–Crippen LogP) is 3.72. The van der Waals surface area contributed by atoms with Gasteiger partial charge in [0.1, 0.15) is 5.56 Å². The number of pyridine rings is 1. The molecule has 180 valence electrons. The molecule has 1 amide bonds. The van der Waals surface area contributed by atoms with Crippen LogP contribution in [0.5, 0.6) is 0 Å². The zero-order valence-electron chi connectivity index (χ0n) is 20.3. The molecule has 7 heteroatoms. The first kappa shape index (κ1) is 23.9. The highest BCUT2D eigenvalue weighted by atomic mass is 16.5. The van der Waals surface area contributed by atoms with Crippen LogP contribution in [0.2, 0.25) is 0 Å². The van der Waals surface area contributed by atoms with Crippen molar-refractivity contribution >= 4 is 17.7 Å². The quantitative estimate of drug-likeness (QED) is 0.644. The summed E-state index contributed by atoms with van der Waals surface area (Å²) < 4.78 is 6.58. The van der Waals surface area contributed by atoms with Gasteiger partial charge in [0.25, 0.3) is 11.5 Å². The molecule has 4 rings (SSSR count). The highest BCUT2D eigenvalue weighted by Gasteiger charge is 2.38. The summed E-state index contributed by atoms with van der Waals surface area (Å²) in [5.41, 5.74) is 1.87. The van der Waals surface area contributed by atoms with Crippen molar-refractivity contribution in [1.82, 2.24) is 9.47 Å². The number of benzene rings is 1. The van der Waals surface area contributed by atoms with E-state index in [4.69, 9.17) is 4.74 Å². The van der Waals surface area contributed by atoms with Crippen LogP contribution in [0.4, 0.5) is 0 Å². The van der Waals surface area contributed by atoms with Gasteiger partial charge in [-0.15, -0.1) is 0 Å². The Bertz CT molecular complexity index is 1190. The number of rotatable bonds is 4. The first-order valence-electron chi connectivity index (χ1n) is 12.0. The largest absolute Gasteiger partial charge is 0.466 e. The molecule has 1 aliphatic heterocycles.